The van der Waals surface area contributed by atoms with E-state index in [-0.39, 0.29) is 24.2 Å². The molecule has 5 fully saturated rings. The summed E-state index contributed by atoms with van der Waals surface area (Å²) in [5.41, 5.74) is -0.845. The Balaban J connectivity index is 1.39. The summed E-state index contributed by atoms with van der Waals surface area (Å²) in [6.07, 6.45) is -11.0. The summed E-state index contributed by atoms with van der Waals surface area (Å²) in [4.78, 5) is 0. The third-order valence-corrected chi connectivity index (χ3v) is 7.85. The van der Waals surface area contributed by atoms with Gasteiger partial charge in [-0.1, -0.05) is 0 Å². The van der Waals surface area contributed by atoms with Crippen LogP contribution in [0.5, 0.6) is 0 Å². The second-order valence-corrected chi connectivity index (χ2v) is 10.6. The Morgan fingerprint density at radius 1 is 0.818 bits per heavy atom. The van der Waals surface area contributed by atoms with E-state index in [1.807, 2.05) is 6.92 Å². The van der Waals surface area contributed by atoms with E-state index in [9.17, 15) is 30.6 Å². The quantitative estimate of drug-likeness (QED) is 0.269. The minimum Gasteiger partial charge on any atom is -0.388 e. The Hall–Kier alpha value is -0.440. The highest BCUT2D eigenvalue weighted by atomic mass is 16.7. The first-order valence-corrected chi connectivity index (χ1v) is 11.7. The zero-order valence-electron chi connectivity index (χ0n) is 19.5. The van der Waals surface area contributed by atoms with Crippen LogP contribution < -0.4 is 0 Å². The zero-order chi connectivity index (χ0) is 24.3. The number of aliphatic hydroxyl groups excluding tert-OH is 6. The van der Waals surface area contributed by atoms with Gasteiger partial charge >= 0.3 is 0 Å². The maximum absolute atomic E-state index is 10.5. The standard InChI is InChI=1S/C22H38O11/c1-9-13(23)15(25)17(27)19(30-9)29-8-11-14(24)16(26)18(28)20(31-11)32-12-7-10-5-6-22(12,4)33-21(10,2)3/h9-20,23-28H,5-8H2,1-4H3/t9-,10+,11+,12+,13-,14+,15+,16-,17+,18+,19+,20-,22-/m0/s1. The molecule has 0 radical (unpaired) electrons. The molecule has 4 heterocycles. The van der Waals surface area contributed by atoms with E-state index in [2.05, 4.69) is 13.8 Å². The zero-order valence-corrected chi connectivity index (χ0v) is 19.5. The minimum atomic E-state index is -1.55. The molecule has 0 aromatic rings. The molecule has 4 saturated heterocycles. The summed E-state index contributed by atoms with van der Waals surface area (Å²) in [5.74, 6) is 0.286. The minimum absolute atomic E-state index is 0.277. The van der Waals surface area contributed by atoms with Crippen molar-refractivity contribution in [3.05, 3.63) is 0 Å². The van der Waals surface area contributed by atoms with Crippen LogP contribution in [0.3, 0.4) is 0 Å². The largest absolute Gasteiger partial charge is 0.388 e. The maximum Gasteiger partial charge on any atom is 0.187 e. The summed E-state index contributed by atoms with van der Waals surface area (Å²) in [6.45, 7) is 7.29. The van der Waals surface area contributed by atoms with Gasteiger partial charge in [0.1, 0.15) is 42.7 Å². The highest BCUT2D eigenvalue weighted by Gasteiger charge is 2.56. The second kappa shape index (κ2) is 9.21. The van der Waals surface area contributed by atoms with Crippen LogP contribution in [0, 0.1) is 5.92 Å². The van der Waals surface area contributed by atoms with Gasteiger partial charge in [-0.2, -0.15) is 0 Å². The van der Waals surface area contributed by atoms with Gasteiger partial charge in [-0.15, -0.1) is 0 Å². The van der Waals surface area contributed by atoms with Crippen molar-refractivity contribution in [1.29, 1.82) is 0 Å². The van der Waals surface area contributed by atoms with E-state index in [4.69, 9.17) is 23.7 Å². The molecule has 13 atom stereocenters. The molecule has 192 valence electrons. The SMILES string of the molecule is C[C@@H]1O[C@@H](OC[C@H]2O[C@@H](O[C@@H]3C[C@H]4CC[C@]3(C)OC4(C)C)[C@H](O)[C@@H](O)[C@@H]2O)[C@H](O)[C@H](O)[C@H]1O. The number of hydrogen-bond donors (Lipinski definition) is 6. The van der Waals surface area contributed by atoms with Crippen molar-refractivity contribution in [2.45, 2.75) is 126 Å². The van der Waals surface area contributed by atoms with Crippen molar-refractivity contribution in [3.8, 4) is 0 Å². The molecule has 1 aliphatic carbocycles. The Bertz CT molecular complexity index is 691. The lowest BCUT2D eigenvalue weighted by Crippen LogP contribution is -2.65. The molecule has 1 saturated carbocycles. The molecule has 2 bridgehead atoms. The van der Waals surface area contributed by atoms with Gasteiger partial charge in [0.2, 0.25) is 0 Å². The number of ether oxygens (including phenoxy) is 5. The van der Waals surface area contributed by atoms with Crippen LogP contribution in [-0.4, -0.2) is 116 Å². The van der Waals surface area contributed by atoms with Crippen LogP contribution in [0.15, 0.2) is 0 Å². The van der Waals surface area contributed by atoms with Crippen molar-refractivity contribution >= 4 is 0 Å². The molecule has 0 aromatic heterocycles. The van der Waals surface area contributed by atoms with Gasteiger partial charge in [-0.25, -0.2) is 0 Å². The first kappa shape index (κ1) is 25.6. The Kier molecular flexibility index (Phi) is 7.16. The van der Waals surface area contributed by atoms with Crippen LogP contribution >= 0.6 is 0 Å². The fraction of sp³-hybridized carbons (Fsp3) is 1.00. The molecule has 11 nitrogen and oxygen atoms in total. The number of rotatable bonds is 5. The number of fused-ring (bicyclic) bond motifs is 3. The first-order valence-electron chi connectivity index (χ1n) is 11.7. The molecule has 5 rings (SSSR count). The molecule has 0 amide bonds. The van der Waals surface area contributed by atoms with Crippen LogP contribution in [0.2, 0.25) is 0 Å². The second-order valence-electron chi connectivity index (χ2n) is 10.6. The summed E-state index contributed by atoms with van der Waals surface area (Å²) < 4.78 is 29.1. The average Bonchev–Trinajstić information content (AvgIpc) is 2.75. The molecule has 11 heteroatoms. The smallest absolute Gasteiger partial charge is 0.187 e. The van der Waals surface area contributed by atoms with Crippen molar-refractivity contribution in [2.75, 3.05) is 6.61 Å². The van der Waals surface area contributed by atoms with Gasteiger partial charge in [0.25, 0.3) is 0 Å². The van der Waals surface area contributed by atoms with E-state index in [1.54, 1.807) is 0 Å². The molecule has 0 aromatic carbocycles. The highest BCUT2D eigenvalue weighted by molar-refractivity contribution is 5.04. The van der Waals surface area contributed by atoms with E-state index < -0.39 is 67.0 Å². The van der Waals surface area contributed by atoms with Gasteiger partial charge in [-0.3, -0.25) is 0 Å². The fourth-order valence-electron chi connectivity index (χ4n) is 5.55. The van der Waals surface area contributed by atoms with E-state index >= 15 is 0 Å². The predicted octanol–water partition coefficient (Wildman–Crippen LogP) is -1.61. The summed E-state index contributed by atoms with van der Waals surface area (Å²) in [6, 6.07) is 0. The van der Waals surface area contributed by atoms with Crippen LogP contribution in [0.4, 0.5) is 0 Å². The lowest BCUT2D eigenvalue weighted by Gasteiger charge is -2.58. The van der Waals surface area contributed by atoms with Crippen LogP contribution in [0.1, 0.15) is 47.0 Å². The number of hydrogen-bond acceptors (Lipinski definition) is 11. The van der Waals surface area contributed by atoms with Gasteiger partial charge in [-0.05, 0) is 52.9 Å². The van der Waals surface area contributed by atoms with Gasteiger partial charge in [0.05, 0.1) is 30.0 Å². The molecule has 0 unspecified atom stereocenters. The molecular weight excluding hydrogens is 440 g/mol. The Morgan fingerprint density at radius 3 is 2.09 bits per heavy atom. The lowest BCUT2D eigenvalue weighted by atomic mass is 9.67. The van der Waals surface area contributed by atoms with Crippen molar-refractivity contribution < 1.29 is 54.3 Å². The van der Waals surface area contributed by atoms with Crippen LogP contribution in [-0.2, 0) is 23.7 Å². The molecule has 33 heavy (non-hydrogen) atoms. The summed E-state index contributed by atoms with van der Waals surface area (Å²) >= 11 is 0. The Morgan fingerprint density at radius 2 is 1.45 bits per heavy atom. The maximum atomic E-state index is 10.5. The molecule has 4 aliphatic heterocycles. The van der Waals surface area contributed by atoms with Crippen molar-refractivity contribution in [2.24, 2.45) is 5.92 Å². The normalized spacial score (nSPS) is 54.4. The third-order valence-electron chi connectivity index (χ3n) is 7.85. The van der Waals surface area contributed by atoms with Crippen molar-refractivity contribution in [1.82, 2.24) is 0 Å². The molecule has 6 N–H and O–H groups in total. The highest BCUT2D eigenvalue weighted by Crippen LogP contribution is 2.51. The average molecular weight is 479 g/mol. The van der Waals surface area contributed by atoms with Crippen molar-refractivity contribution in [3.63, 3.8) is 0 Å². The van der Waals surface area contributed by atoms with Gasteiger partial charge in [0.15, 0.2) is 12.6 Å². The van der Waals surface area contributed by atoms with Crippen LogP contribution in [0.25, 0.3) is 0 Å². The van der Waals surface area contributed by atoms with Gasteiger partial charge < -0.3 is 54.3 Å². The summed E-state index contributed by atoms with van der Waals surface area (Å²) in [5, 5.41) is 61.2. The molecule has 5 aliphatic rings. The molecular formula is C22H38O11. The topological polar surface area (TPSA) is 168 Å². The Labute approximate surface area is 193 Å². The van der Waals surface area contributed by atoms with E-state index in [0.29, 0.717) is 0 Å². The fourth-order valence-corrected chi connectivity index (χ4v) is 5.55. The predicted molar refractivity (Wildman–Crippen MR) is 111 cm³/mol. The first-order chi connectivity index (χ1) is 15.3. The summed E-state index contributed by atoms with van der Waals surface area (Å²) in [7, 11) is 0. The van der Waals surface area contributed by atoms with E-state index in [1.165, 1.54) is 6.92 Å². The monoisotopic (exact) mass is 478 g/mol. The molecule has 0 spiro atoms. The van der Waals surface area contributed by atoms with Gasteiger partial charge in [0, 0.05) is 0 Å². The van der Waals surface area contributed by atoms with E-state index in [0.717, 1.165) is 19.3 Å². The third kappa shape index (κ3) is 4.70. The number of aliphatic hydroxyl groups is 6. The lowest BCUT2D eigenvalue weighted by molar-refractivity contribution is -0.360.